The summed E-state index contributed by atoms with van der Waals surface area (Å²) in [5.74, 6) is -0.694. The summed E-state index contributed by atoms with van der Waals surface area (Å²) in [7, 11) is -6.48. The lowest BCUT2D eigenvalue weighted by atomic mass is 9.88. The molecule has 12 heteroatoms. The van der Waals surface area contributed by atoms with Gasteiger partial charge in [-0.25, -0.2) is 0 Å². The summed E-state index contributed by atoms with van der Waals surface area (Å²) >= 11 is 0. The molecule has 0 amide bonds. The molecule has 0 aliphatic carbocycles. The highest BCUT2D eigenvalue weighted by Crippen LogP contribution is 2.59. The van der Waals surface area contributed by atoms with Gasteiger partial charge in [-0.3, -0.25) is 14.4 Å². The fraction of sp³-hybridized carbons (Fsp3) is 0.500. The van der Waals surface area contributed by atoms with Gasteiger partial charge >= 0.3 is 15.6 Å². The lowest BCUT2D eigenvalue weighted by Crippen LogP contribution is -2.49. The Hall–Kier alpha value is -1.99. The SMILES string of the molecule is CCCCC1(CC)CS(O)(O)c2cc(OS(=O)(=O)C(F)(F)F)c(N(C)C)cc2C(c2ccccc2)N1. The van der Waals surface area contributed by atoms with Crippen LogP contribution in [0.5, 0.6) is 5.75 Å². The number of anilines is 1. The molecule has 2 atom stereocenters. The zero-order valence-electron chi connectivity index (χ0n) is 20.7. The summed E-state index contributed by atoms with van der Waals surface area (Å²) in [6.45, 7) is 3.99. The largest absolute Gasteiger partial charge is 0.534 e. The van der Waals surface area contributed by atoms with Crippen LogP contribution in [0, 0.1) is 0 Å². The first-order valence-electron chi connectivity index (χ1n) is 11.6. The van der Waals surface area contributed by atoms with E-state index in [1.807, 2.05) is 44.2 Å². The van der Waals surface area contributed by atoms with Gasteiger partial charge < -0.3 is 9.08 Å². The van der Waals surface area contributed by atoms with Crippen LogP contribution in [0.2, 0.25) is 0 Å². The van der Waals surface area contributed by atoms with Crippen LogP contribution in [0.4, 0.5) is 18.9 Å². The summed E-state index contributed by atoms with van der Waals surface area (Å²) in [6.07, 6.45) is 2.95. The van der Waals surface area contributed by atoms with Crippen molar-refractivity contribution in [1.82, 2.24) is 5.32 Å². The van der Waals surface area contributed by atoms with Crippen molar-refractivity contribution in [3.63, 3.8) is 0 Å². The van der Waals surface area contributed by atoms with Gasteiger partial charge in [-0.2, -0.15) is 32.2 Å². The van der Waals surface area contributed by atoms with Gasteiger partial charge in [0.1, 0.15) is 0 Å². The maximum Gasteiger partial charge on any atom is 0.534 e. The van der Waals surface area contributed by atoms with Crippen LogP contribution in [0.3, 0.4) is 0 Å². The zero-order chi connectivity index (χ0) is 26.9. The van der Waals surface area contributed by atoms with Crippen LogP contribution >= 0.6 is 10.6 Å². The number of nitrogens with one attached hydrogen (secondary N) is 1. The van der Waals surface area contributed by atoms with E-state index in [0.717, 1.165) is 24.5 Å². The van der Waals surface area contributed by atoms with E-state index in [-0.39, 0.29) is 16.3 Å². The number of unbranched alkanes of at least 4 members (excludes halogenated alkanes) is 1. The van der Waals surface area contributed by atoms with Crippen LogP contribution < -0.4 is 14.4 Å². The highest BCUT2D eigenvalue weighted by atomic mass is 32.3. The van der Waals surface area contributed by atoms with Crippen molar-refractivity contribution in [2.45, 2.75) is 61.5 Å². The third kappa shape index (κ3) is 5.77. The van der Waals surface area contributed by atoms with Crippen LogP contribution in [0.25, 0.3) is 0 Å². The highest BCUT2D eigenvalue weighted by molar-refractivity contribution is 8.24. The number of fused-ring (bicyclic) bond motifs is 1. The summed E-state index contributed by atoms with van der Waals surface area (Å²) in [4.78, 5) is 1.39. The van der Waals surface area contributed by atoms with Crippen molar-refractivity contribution < 1.29 is 34.9 Å². The van der Waals surface area contributed by atoms with Crippen LogP contribution in [0.1, 0.15) is 56.7 Å². The molecule has 3 rings (SSSR count). The first kappa shape index (κ1) is 28.6. The molecule has 0 saturated heterocycles. The van der Waals surface area contributed by atoms with Gasteiger partial charge in [0.25, 0.3) is 0 Å². The normalized spacial score (nSPS) is 22.9. The first-order valence-corrected chi connectivity index (χ1v) is 14.7. The van der Waals surface area contributed by atoms with E-state index in [2.05, 4.69) is 9.50 Å². The minimum Gasteiger partial charge on any atom is -0.375 e. The lowest BCUT2D eigenvalue weighted by molar-refractivity contribution is -0.0499. The predicted octanol–water partition coefficient (Wildman–Crippen LogP) is 6.12. The lowest BCUT2D eigenvalue weighted by Gasteiger charge is -2.42. The maximum absolute atomic E-state index is 13.1. The number of hydrogen-bond acceptors (Lipinski definition) is 7. The Morgan fingerprint density at radius 1 is 1.17 bits per heavy atom. The molecule has 1 aliphatic heterocycles. The molecule has 0 saturated carbocycles. The molecule has 0 aromatic heterocycles. The number of benzene rings is 2. The second-order valence-electron chi connectivity index (χ2n) is 9.27. The molecule has 2 aromatic carbocycles. The molecule has 1 heterocycles. The predicted molar refractivity (Wildman–Crippen MR) is 136 cm³/mol. The Kier molecular flexibility index (Phi) is 8.26. The summed E-state index contributed by atoms with van der Waals surface area (Å²) < 4.78 is 90.4. The van der Waals surface area contributed by atoms with Crippen molar-refractivity contribution >= 4 is 26.4 Å². The first-order chi connectivity index (χ1) is 16.7. The standard InChI is InChI=1S/C24H33F3N2O5S2/c1-5-7-13-23(6-2)16-35(30,31)21-15-20(34-36(32,33)24(25,26)27)19(29(3)4)14-18(21)22(28-23)17-11-9-8-10-12-17/h8-12,14-15,22,28,30-31H,5-7,13,16H2,1-4H3. The third-order valence-electron chi connectivity index (χ3n) is 6.47. The molecule has 0 bridgehead atoms. The maximum atomic E-state index is 13.1. The molecule has 3 N–H and O–H groups in total. The van der Waals surface area contributed by atoms with E-state index < -0.39 is 43.5 Å². The van der Waals surface area contributed by atoms with Gasteiger partial charge in [-0.05, 0) is 30.0 Å². The highest BCUT2D eigenvalue weighted by Gasteiger charge is 2.49. The molecule has 0 fully saturated rings. The quantitative estimate of drug-likeness (QED) is 0.269. The van der Waals surface area contributed by atoms with Crippen LogP contribution in [0.15, 0.2) is 47.4 Å². The summed E-state index contributed by atoms with van der Waals surface area (Å²) in [5.41, 5.74) is -5.00. The van der Waals surface area contributed by atoms with Gasteiger partial charge in [0.05, 0.1) is 22.4 Å². The topological polar surface area (TPSA) is 99.1 Å². The molecular weight excluding hydrogens is 517 g/mol. The molecule has 0 spiro atoms. The molecule has 0 radical (unpaired) electrons. The molecule has 7 nitrogen and oxygen atoms in total. The van der Waals surface area contributed by atoms with Crippen LogP contribution in [-0.2, 0) is 10.1 Å². The van der Waals surface area contributed by atoms with Gasteiger partial charge in [0.2, 0.25) is 0 Å². The van der Waals surface area contributed by atoms with E-state index >= 15 is 0 Å². The van der Waals surface area contributed by atoms with Crippen molar-refractivity contribution in [3.05, 3.63) is 53.6 Å². The van der Waals surface area contributed by atoms with Crippen LogP contribution in [-0.4, -0.2) is 48.4 Å². The second kappa shape index (κ2) is 10.4. The fourth-order valence-electron chi connectivity index (χ4n) is 4.49. The molecule has 202 valence electrons. The van der Waals surface area contributed by atoms with Crippen molar-refractivity contribution in [3.8, 4) is 5.75 Å². The Morgan fingerprint density at radius 2 is 1.81 bits per heavy atom. The Labute approximate surface area is 212 Å². The fourth-order valence-corrected chi connectivity index (χ4v) is 7.17. The minimum absolute atomic E-state index is 0.0337. The number of rotatable bonds is 8. The van der Waals surface area contributed by atoms with E-state index in [4.69, 9.17) is 0 Å². The monoisotopic (exact) mass is 550 g/mol. The van der Waals surface area contributed by atoms with E-state index in [0.29, 0.717) is 18.4 Å². The number of hydrogen-bond donors (Lipinski definition) is 3. The van der Waals surface area contributed by atoms with E-state index in [1.54, 1.807) is 0 Å². The molecule has 2 unspecified atom stereocenters. The molecule has 1 aliphatic rings. The molecule has 2 aromatic rings. The van der Waals surface area contributed by atoms with Crippen molar-refractivity contribution in [2.24, 2.45) is 0 Å². The minimum atomic E-state index is -5.98. The van der Waals surface area contributed by atoms with Gasteiger partial charge in [-0.1, -0.05) is 57.0 Å². The van der Waals surface area contributed by atoms with E-state index in [1.165, 1.54) is 25.1 Å². The summed E-state index contributed by atoms with van der Waals surface area (Å²) in [6, 6.07) is 11.3. The Balaban J connectivity index is 2.30. The molecule has 36 heavy (non-hydrogen) atoms. The van der Waals surface area contributed by atoms with Gasteiger partial charge in [0, 0.05) is 25.7 Å². The average molecular weight is 551 g/mol. The van der Waals surface area contributed by atoms with E-state index in [9.17, 15) is 30.7 Å². The number of alkyl halides is 3. The third-order valence-corrected chi connectivity index (χ3v) is 9.44. The average Bonchev–Trinajstić information content (AvgIpc) is 2.89. The zero-order valence-corrected chi connectivity index (χ0v) is 22.3. The Bertz CT molecular complexity index is 1170. The molecular formula is C24H33F3N2O5S2. The smallest absolute Gasteiger partial charge is 0.375 e. The number of nitrogens with zero attached hydrogens (tertiary/aromatic N) is 1. The van der Waals surface area contributed by atoms with Crippen molar-refractivity contribution in [2.75, 3.05) is 24.7 Å². The van der Waals surface area contributed by atoms with Gasteiger partial charge in [-0.15, -0.1) is 0 Å². The summed E-state index contributed by atoms with van der Waals surface area (Å²) in [5, 5.41) is 3.64. The number of halogens is 3. The second-order valence-corrected chi connectivity index (χ2v) is 12.9. The Morgan fingerprint density at radius 3 is 2.33 bits per heavy atom. The van der Waals surface area contributed by atoms with Crippen molar-refractivity contribution in [1.29, 1.82) is 0 Å². The van der Waals surface area contributed by atoms with Gasteiger partial charge in [0.15, 0.2) is 5.75 Å².